The molecule has 2 aromatic heterocycles. The molecule has 2 aliphatic rings. The lowest BCUT2D eigenvalue weighted by Gasteiger charge is -2.35. The van der Waals surface area contributed by atoms with Gasteiger partial charge in [0.1, 0.15) is 15.8 Å². The molecule has 1 atom stereocenters. The molecule has 9 heteroatoms. The van der Waals surface area contributed by atoms with Crippen molar-refractivity contribution in [1.82, 2.24) is 19.7 Å². The molecule has 0 N–H and O–H groups in total. The van der Waals surface area contributed by atoms with Gasteiger partial charge in [-0.3, -0.25) is 14.5 Å². The van der Waals surface area contributed by atoms with E-state index >= 15 is 0 Å². The average Bonchev–Trinajstić information content (AvgIpc) is 3.22. The fraction of sp³-hybridized carbons (Fsp3) is 0.591. The summed E-state index contributed by atoms with van der Waals surface area (Å²) in [6.45, 7) is 9.97. The zero-order valence-electron chi connectivity index (χ0n) is 18.2. The van der Waals surface area contributed by atoms with Crippen LogP contribution in [-0.2, 0) is 14.3 Å². The van der Waals surface area contributed by atoms with Crippen LogP contribution in [0.4, 0.5) is 0 Å². The number of morpholine rings is 2. The highest BCUT2D eigenvalue weighted by molar-refractivity contribution is 7.20. The van der Waals surface area contributed by atoms with Crippen molar-refractivity contribution in [1.29, 1.82) is 0 Å². The zero-order chi connectivity index (χ0) is 21.8. The number of aromatic nitrogens is 1. The Morgan fingerprint density at radius 2 is 1.90 bits per heavy atom. The Labute approximate surface area is 186 Å². The number of pyridine rings is 1. The van der Waals surface area contributed by atoms with Gasteiger partial charge in [-0.25, -0.2) is 4.98 Å². The normalized spacial score (nSPS) is 19.9. The number of hydrogen-bond acceptors (Lipinski definition) is 7. The van der Waals surface area contributed by atoms with Crippen molar-refractivity contribution in [3.8, 4) is 0 Å². The lowest BCUT2D eigenvalue weighted by molar-refractivity contribution is -0.140. The number of amides is 2. The topological polar surface area (TPSA) is 75.2 Å². The molecule has 2 saturated heterocycles. The summed E-state index contributed by atoms with van der Waals surface area (Å²) in [6.07, 6.45) is 1.40. The molecular formula is C22H30N4O4S. The van der Waals surface area contributed by atoms with Crippen molar-refractivity contribution in [2.24, 2.45) is 0 Å². The summed E-state index contributed by atoms with van der Waals surface area (Å²) in [5, 5.41) is 0.937. The van der Waals surface area contributed by atoms with Crippen molar-refractivity contribution in [2.75, 3.05) is 65.6 Å². The largest absolute Gasteiger partial charge is 0.378 e. The molecule has 0 unspecified atom stereocenters. The minimum Gasteiger partial charge on any atom is -0.378 e. The molecule has 31 heavy (non-hydrogen) atoms. The smallest absolute Gasteiger partial charge is 0.264 e. The molecule has 0 saturated carbocycles. The first-order valence-corrected chi connectivity index (χ1v) is 11.8. The third-order valence-corrected chi connectivity index (χ3v) is 7.11. The molecule has 4 rings (SSSR count). The number of nitrogens with zero attached hydrogens (tertiary/aromatic N) is 4. The summed E-state index contributed by atoms with van der Waals surface area (Å²) in [5.41, 5.74) is 0.866. The third kappa shape index (κ3) is 4.74. The van der Waals surface area contributed by atoms with E-state index in [2.05, 4.69) is 23.7 Å². The van der Waals surface area contributed by atoms with E-state index in [-0.39, 0.29) is 17.9 Å². The maximum atomic E-state index is 13.4. The fourth-order valence-corrected chi connectivity index (χ4v) is 5.29. The lowest BCUT2D eigenvalue weighted by Crippen LogP contribution is -2.47. The summed E-state index contributed by atoms with van der Waals surface area (Å²) in [7, 11) is 0. The molecule has 0 spiro atoms. The van der Waals surface area contributed by atoms with Crippen LogP contribution < -0.4 is 0 Å². The Hall–Kier alpha value is -2.07. The van der Waals surface area contributed by atoms with E-state index in [4.69, 9.17) is 9.47 Å². The van der Waals surface area contributed by atoms with Crippen molar-refractivity contribution in [3.63, 3.8) is 0 Å². The Bertz CT molecular complexity index is 923. The summed E-state index contributed by atoms with van der Waals surface area (Å²) < 4.78 is 11.5. The number of thiophene rings is 1. The van der Waals surface area contributed by atoms with Crippen LogP contribution in [0.3, 0.4) is 0 Å². The molecule has 0 bridgehead atoms. The molecule has 8 nitrogen and oxygen atoms in total. The minimum atomic E-state index is -0.340. The molecule has 4 heterocycles. The van der Waals surface area contributed by atoms with E-state index in [0.717, 1.165) is 28.9 Å². The average molecular weight is 447 g/mol. The molecule has 0 aliphatic carbocycles. The number of fused-ring (bicyclic) bond motifs is 1. The molecule has 2 aliphatic heterocycles. The standard InChI is InChI=1S/C22H30N4O4S/c1-3-24(4-2)15-18(27)26-10-13-30-17(14-26)19-16-6-5-7-23-21(16)31-20(19)22(28)25-8-11-29-12-9-25/h5-7,17H,3-4,8-15H2,1-2H3/t17-/m0/s1. The van der Waals surface area contributed by atoms with Crippen molar-refractivity contribution in [2.45, 2.75) is 20.0 Å². The Morgan fingerprint density at radius 3 is 2.65 bits per heavy atom. The van der Waals surface area contributed by atoms with Gasteiger partial charge in [0.05, 0.1) is 32.9 Å². The Morgan fingerprint density at radius 1 is 1.16 bits per heavy atom. The van der Waals surface area contributed by atoms with Crippen LogP contribution in [0.1, 0.15) is 35.2 Å². The number of ether oxygens (including phenoxy) is 2. The predicted octanol–water partition coefficient (Wildman–Crippen LogP) is 2.01. The molecule has 168 valence electrons. The van der Waals surface area contributed by atoms with E-state index in [0.29, 0.717) is 57.4 Å². The van der Waals surface area contributed by atoms with Crippen molar-refractivity contribution >= 4 is 33.4 Å². The van der Waals surface area contributed by atoms with Gasteiger partial charge in [0, 0.05) is 36.8 Å². The van der Waals surface area contributed by atoms with Crippen LogP contribution in [-0.4, -0.2) is 97.1 Å². The summed E-state index contributed by atoms with van der Waals surface area (Å²) in [4.78, 5) is 38.1. The summed E-state index contributed by atoms with van der Waals surface area (Å²) in [5.74, 6) is 0.104. The Balaban J connectivity index is 1.61. The monoisotopic (exact) mass is 446 g/mol. The van der Waals surface area contributed by atoms with Gasteiger partial charge in [-0.15, -0.1) is 11.3 Å². The number of likely N-dealkylation sites (N-methyl/N-ethyl adjacent to an activating group) is 1. The first kappa shape index (κ1) is 22.1. The van der Waals surface area contributed by atoms with Crippen molar-refractivity contribution in [3.05, 3.63) is 28.8 Å². The quantitative estimate of drug-likeness (QED) is 0.676. The van der Waals surface area contributed by atoms with Gasteiger partial charge in [0.2, 0.25) is 5.91 Å². The first-order valence-electron chi connectivity index (χ1n) is 11.0. The summed E-state index contributed by atoms with van der Waals surface area (Å²) >= 11 is 1.41. The van der Waals surface area contributed by atoms with Gasteiger partial charge in [-0.05, 0) is 19.2 Å². The SMILES string of the molecule is CCN(CC)CC(=O)N1CCO[C@H](c2c(C(=O)N3CCOCC3)sc3ncccc23)C1. The number of carbonyl (C=O) groups excluding carboxylic acids is 2. The van der Waals surface area contributed by atoms with Crippen LogP contribution in [0, 0.1) is 0 Å². The second-order valence-electron chi connectivity index (χ2n) is 7.77. The molecule has 2 fully saturated rings. The lowest BCUT2D eigenvalue weighted by atomic mass is 10.0. The van der Waals surface area contributed by atoms with E-state index in [1.807, 2.05) is 21.9 Å². The number of rotatable bonds is 6. The van der Waals surface area contributed by atoms with E-state index in [9.17, 15) is 9.59 Å². The molecule has 0 radical (unpaired) electrons. The van der Waals surface area contributed by atoms with Crippen molar-refractivity contribution < 1.29 is 19.1 Å². The molecule has 0 aromatic carbocycles. The fourth-order valence-electron chi connectivity index (χ4n) is 4.13. The minimum absolute atomic E-state index is 0.00325. The van der Waals surface area contributed by atoms with Gasteiger partial charge >= 0.3 is 0 Å². The highest BCUT2D eigenvalue weighted by Gasteiger charge is 2.33. The number of carbonyl (C=O) groups is 2. The van der Waals surface area contributed by atoms with Gasteiger partial charge in [0.15, 0.2) is 0 Å². The number of hydrogen-bond donors (Lipinski definition) is 0. The van der Waals surface area contributed by atoms with E-state index in [1.54, 1.807) is 6.20 Å². The van der Waals surface area contributed by atoms with Crippen LogP contribution >= 0.6 is 11.3 Å². The zero-order valence-corrected chi connectivity index (χ0v) is 19.0. The predicted molar refractivity (Wildman–Crippen MR) is 119 cm³/mol. The highest BCUT2D eigenvalue weighted by atomic mass is 32.1. The van der Waals surface area contributed by atoms with Gasteiger partial charge in [-0.1, -0.05) is 19.9 Å². The summed E-state index contributed by atoms with van der Waals surface area (Å²) in [6, 6.07) is 3.87. The molecule has 2 aromatic rings. The highest BCUT2D eigenvalue weighted by Crippen LogP contribution is 2.38. The van der Waals surface area contributed by atoms with Gasteiger partial charge < -0.3 is 19.3 Å². The molecule has 2 amide bonds. The Kier molecular flexibility index (Phi) is 7.16. The third-order valence-electron chi connectivity index (χ3n) is 5.99. The second-order valence-corrected chi connectivity index (χ2v) is 8.77. The van der Waals surface area contributed by atoms with Crippen LogP contribution in [0.5, 0.6) is 0 Å². The van der Waals surface area contributed by atoms with E-state index < -0.39 is 0 Å². The van der Waals surface area contributed by atoms with Gasteiger partial charge in [-0.2, -0.15) is 0 Å². The first-order chi connectivity index (χ1) is 15.1. The maximum absolute atomic E-state index is 13.4. The second kappa shape index (κ2) is 10.0. The maximum Gasteiger partial charge on any atom is 0.264 e. The van der Waals surface area contributed by atoms with E-state index in [1.165, 1.54) is 11.3 Å². The van der Waals surface area contributed by atoms with Crippen LogP contribution in [0.2, 0.25) is 0 Å². The van der Waals surface area contributed by atoms with Crippen LogP contribution in [0.25, 0.3) is 10.2 Å². The van der Waals surface area contributed by atoms with Gasteiger partial charge in [0.25, 0.3) is 5.91 Å². The van der Waals surface area contributed by atoms with Crippen LogP contribution in [0.15, 0.2) is 18.3 Å². The molecular weight excluding hydrogens is 416 g/mol.